The van der Waals surface area contributed by atoms with Crippen LogP contribution in [-0.4, -0.2) is 60.1 Å². The molecule has 0 bridgehead atoms. The average molecular weight is 786 g/mol. The summed E-state index contributed by atoms with van der Waals surface area (Å²) >= 11 is 0.530. The normalized spacial score (nSPS) is 14.6. The Morgan fingerprint density at radius 1 is 0.945 bits per heavy atom. The van der Waals surface area contributed by atoms with E-state index in [0.29, 0.717) is 57.0 Å². The second-order valence-electron chi connectivity index (χ2n) is 11.8. The van der Waals surface area contributed by atoms with Crippen LogP contribution in [0.2, 0.25) is 0 Å². The van der Waals surface area contributed by atoms with Gasteiger partial charge in [0.2, 0.25) is 0 Å². The number of para-hydroxylation sites is 1. The predicted molar refractivity (Wildman–Crippen MR) is 202 cm³/mol. The van der Waals surface area contributed by atoms with Gasteiger partial charge in [-0.05, 0) is 91.5 Å². The number of anilines is 2. The number of benzene rings is 5. The van der Waals surface area contributed by atoms with Crippen molar-refractivity contribution in [1.29, 1.82) is 0 Å². The van der Waals surface area contributed by atoms with Crippen LogP contribution in [0.5, 0.6) is 5.75 Å². The Kier molecular flexibility index (Phi) is 12.0. The highest BCUT2D eigenvalue weighted by Crippen LogP contribution is 2.36. The molecule has 5 aromatic carbocycles. The molecule has 1 heterocycles. The number of aryl methyl sites for hydroxylation is 1. The van der Waals surface area contributed by atoms with E-state index in [4.69, 9.17) is 9.99 Å². The third-order valence-electron chi connectivity index (χ3n) is 8.00. The van der Waals surface area contributed by atoms with E-state index in [1.54, 1.807) is 74.5 Å². The zero-order chi connectivity index (χ0) is 39.1. The van der Waals surface area contributed by atoms with Gasteiger partial charge >= 0.3 is 0 Å². The number of hydrogen-bond donors (Lipinski definition) is 4. The second kappa shape index (κ2) is 17.0. The quantitative estimate of drug-likeness (QED) is 0.0279. The molecule has 0 saturated carbocycles. The number of nitrogens with zero attached hydrogens (tertiary/aromatic N) is 6. The maximum atomic E-state index is 13.3. The summed E-state index contributed by atoms with van der Waals surface area (Å²) in [5, 5.41) is 47.4. The predicted octanol–water partition coefficient (Wildman–Crippen LogP) is 7.74. The lowest BCUT2D eigenvalue weighted by Crippen LogP contribution is -2.29. The zero-order valence-electron chi connectivity index (χ0n) is 28.9. The fraction of sp³-hybridized carbons (Fsp3) is 0.139. The first-order valence-electron chi connectivity index (χ1n) is 16.2. The monoisotopic (exact) mass is 785 g/mol. The lowest BCUT2D eigenvalue weighted by atomic mass is 10.1. The van der Waals surface area contributed by atoms with E-state index in [2.05, 4.69) is 40.2 Å². The van der Waals surface area contributed by atoms with Crippen LogP contribution < -0.4 is 15.1 Å². The minimum atomic E-state index is -4.68. The van der Waals surface area contributed by atoms with E-state index < -0.39 is 27.0 Å². The lowest BCUT2D eigenvalue weighted by molar-refractivity contribution is -0.432. The van der Waals surface area contributed by atoms with Crippen LogP contribution in [0.4, 0.5) is 28.4 Å². The van der Waals surface area contributed by atoms with Crippen LogP contribution in [0, 0.1) is 6.92 Å². The van der Waals surface area contributed by atoms with Crippen molar-refractivity contribution >= 4 is 78.9 Å². The molecule has 0 radical (unpaired) electrons. The van der Waals surface area contributed by atoms with Crippen LogP contribution >= 0.6 is 12.0 Å². The number of hydrogen-bond acceptors (Lipinski definition) is 15. The van der Waals surface area contributed by atoms with Gasteiger partial charge in [0.05, 0.1) is 52.8 Å². The van der Waals surface area contributed by atoms with Crippen molar-refractivity contribution in [1.82, 2.24) is 0 Å². The molecule has 0 aromatic heterocycles. The van der Waals surface area contributed by atoms with Gasteiger partial charge in [-0.3, -0.25) is 14.1 Å². The molecule has 6 rings (SSSR count). The largest absolute Gasteiger partial charge is 0.489 e. The molecule has 282 valence electrons. The number of amides is 2. The van der Waals surface area contributed by atoms with Gasteiger partial charge in [-0.2, -0.15) is 39.0 Å². The molecule has 2 amide bonds. The summed E-state index contributed by atoms with van der Waals surface area (Å²) in [5.41, 5.74) is 3.30. The molecule has 55 heavy (non-hydrogen) atoms. The molecule has 5 aromatic rings. The molecule has 4 N–H and O–H groups in total. The number of azo groups is 2. The summed E-state index contributed by atoms with van der Waals surface area (Å²) in [5.74, 6) is -0.604. The third kappa shape index (κ3) is 9.24. The van der Waals surface area contributed by atoms with Crippen molar-refractivity contribution in [3.05, 3.63) is 108 Å². The molecule has 1 aliphatic rings. The van der Waals surface area contributed by atoms with Gasteiger partial charge in [-0.25, -0.2) is 5.26 Å². The molecular formula is C36H31N7O10S2. The Hall–Kier alpha value is -5.93. The summed E-state index contributed by atoms with van der Waals surface area (Å²) < 4.78 is 44.3. The number of ether oxygens (including phenoxy) is 1. The van der Waals surface area contributed by atoms with Crippen LogP contribution in [0.15, 0.2) is 132 Å². The zero-order valence-corrected chi connectivity index (χ0v) is 30.6. The molecule has 0 aliphatic carbocycles. The number of aliphatic hydroxyl groups excluding tert-OH is 1. The van der Waals surface area contributed by atoms with Gasteiger partial charge in [-0.1, -0.05) is 29.3 Å². The first-order valence-corrected chi connectivity index (χ1v) is 18.4. The Morgan fingerprint density at radius 2 is 1.69 bits per heavy atom. The van der Waals surface area contributed by atoms with E-state index in [1.165, 1.54) is 17.1 Å². The average Bonchev–Trinajstić information content (AvgIpc) is 3.47. The summed E-state index contributed by atoms with van der Waals surface area (Å²) in [6, 6.07) is 24.8. The molecule has 1 atom stereocenters. The smallest absolute Gasteiger partial charge is 0.295 e. The minimum Gasteiger partial charge on any atom is -0.489 e. The SMILES string of the molecule is CC1=NN(c2ccccc2)C(=O)C1/N=N/c1ccc(C(=O)Nc2cc(C)c(/N=N/c3ccc4cc(SOOO)cc(S(=O)(=O)O)c4c3)cc2OCCO)cc1. The topological polar surface area (TPSA) is 234 Å². The summed E-state index contributed by atoms with van der Waals surface area (Å²) in [4.78, 5) is 26.0. The number of hydrazone groups is 1. The minimum absolute atomic E-state index is 0.0855. The highest BCUT2D eigenvalue weighted by molar-refractivity contribution is 7.94. The van der Waals surface area contributed by atoms with Crippen LogP contribution in [0.3, 0.4) is 0 Å². The van der Waals surface area contributed by atoms with Gasteiger partial charge in [-0.15, -0.1) is 4.33 Å². The van der Waals surface area contributed by atoms with Gasteiger partial charge in [0.25, 0.3) is 21.9 Å². The van der Waals surface area contributed by atoms with E-state index in [-0.39, 0.29) is 40.8 Å². The van der Waals surface area contributed by atoms with E-state index in [9.17, 15) is 27.7 Å². The van der Waals surface area contributed by atoms with Crippen LogP contribution in [-0.2, 0) is 24.3 Å². The Balaban J connectivity index is 1.17. The number of aliphatic hydroxyl groups is 1. The molecule has 0 fully saturated rings. The van der Waals surface area contributed by atoms with E-state index >= 15 is 0 Å². The number of fused-ring (bicyclic) bond motifs is 1. The highest BCUT2D eigenvalue weighted by Gasteiger charge is 2.34. The molecular weight excluding hydrogens is 755 g/mol. The van der Waals surface area contributed by atoms with Crippen molar-refractivity contribution in [2.75, 3.05) is 23.5 Å². The molecule has 0 spiro atoms. The first-order chi connectivity index (χ1) is 26.4. The van der Waals surface area contributed by atoms with Crippen molar-refractivity contribution < 1.29 is 47.0 Å². The van der Waals surface area contributed by atoms with Gasteiger partial charge in [0, 0.05) is 21.9 Å². The van der Waals surface area contributed by atoms with Crippen molar-refractivity contribution in [2.24, 2.45) is 25.6 Å². The molecule has 17 nitrogen and oxygen atoms in total. The third-order valence-corrected chi connectivity index (χ3v) is 9.45. The summed E-state index contributed by atoms with van der Waals surface area (Å²) in [6.07, 6.45) is 0. The molecule has 0 saturated heterocycles. The summed E-state index contributed by atoms with van der Waals surface area (Å²) in [7, 11) is -4.68. The Labute approximate surface area is 317 Å². The number of rotatable bonds is 14. The van der Waals surface area contributed by atoms with Crippen LogP contribution in [0.1, 0.15) is 22.8 Å². The number of nitrogens with one attached hydrogen (secondary N) is 1. The fourth-order valence-corrected chi connectivity index (χ4v) is 6.63. The Morgan fingerprint density at radius 3 is 2.40 bits per heavy atom. The highest BCUT2D eigenvalue weighted by atomic mass is 32.2. The maximum absolute atomic E-state index is 13.3. The summed E-state index contributed by atoms with van der Waals surface area (Å²) in [6.45, 7) is 3.04. The van der Waals surface area contributed by atoms with Gasteiger partial charge in [0.1, 0.15) is 17.3 Å². The van der Waals surface area contributed by atoms with Gasteiger partial charge < -0.3 is 15.2 Å². The van der Waals surface area contributed by atoms with Gasteiger partial charge in [0.15, 0.2) is 6.04 Å². The molecule has 19 heteroatoms. The maximum Gasteiger partial charge on any atom is 0.295 e. The van der Waals surface area contributed by atoms with Crippen LogP contribution in [0.25, 0.3) is 10.8 Å². The fourth-order valence-electron chi connectivity index (χ4n) is 5.37. The first kappa shape index (κ1) is 38.8. The lowest BCUT2D eigenvalue weighted by Gasteiger charge is -2.14. The second-order valence-corrected chi connectivity index (χ2v) is 13.9. The van der Waals surface area contributed by atoms with Crippen molar-refractivity contribution in [3.8, 4) is 5.75 Å². The Bertz CT molecular complexity index is 2450. The van der Waals surface area contributed by atoms with E-state index in [0.717, 1.165) is 6.07 Å². The standard InChI is InChI=1S/C36H31N7O10S2/c1-21-16-31(37-35(45)23-8-11-25(12-9-23)38-41-34-22(2)42-43(36(34)46)27-6-4-3-5-7-27)32(51-15-14-44)20-30(21)40-39-26-13-10-24-17-28(54-53-52-47)19-33(29(24)18-26)55(48,49)50/h3-13,16-20,34,44,47H,14-15H2,1-2H3,(H,37,45)(H,48,49,50)/b40-39+,41-38+. The molecule has 1 unspecified atom stereocenters. The number of carbonyl (C=O) groups is 2. The number of carbonyl (C=O) groups excluding carboxylic acids is 2. The van der Waals surface area contributed by atoms with Crippen molar-refractivity contribution in [3.63, 3.8) is 0 Å². The molecule has 1 aliphatic heterocycles. The van der Waals surface area contributed by atoms with Crippen molar-refractivity contribution in [2.45, 2.75) is 29.7 Å². The van der Waals surface area contributed by atoms with E-state index in [1.807, 2.05) is 18.2 Å².